The molecule has 0 amide bonds. The maximum Gasteiger partial charge on any atom is 0.398 e. The largest absolute Gasteiger partial charge is 0.398 e. The van der Waals surface area contributed by atoms with Gasteiger partial charge in [-0.2, -0.15) is 13.2 Å². The average Bonchev–Trinajstić information content (AvgIpc) is 2.41. The minimum Gasteiger partial charge on any atom is -0.363 e. The van der Waals surface area contributed by atoms with Crippen molar-refractivity contribution in [1.29, 1.82) is 0 Å². The van der Waals surface area contributed by atoms with Gasteiger partial charge in [0.15, 0.2) is 0 Å². The molecule has 0 aromatic heterocycles. The fraction of sp³-hybridized carbons (Fsp3) is 0.500. The highest BCUT2D eigenvalue weighted by molar-refractivity contribution is 7.99. The Bertz CT molecular complexity index is 576. The first-order valence-electron chi connectivity index (χ1n) is 6.73. The smallest absolute Gasteiger partial charge is 0.363 e. The standard InChI is InChI=1S/C14H15Cl2F3N2S/c1-21-5-3-2-4-13(21)20-11-7-12(10(16)6-9(11)15)22-8-14(17,18)19/h6-7H,2-5,8H2,1H3. The molecule has 1 aromatic carbocycles. The predicted octanol–water partition coefficient (Wildman–Crippen LogP) is 5.79. The molecule has 0 N–H and O–H groups in total. The van der Waals surface area contributed by atoms with Crippen LogP contribution in [0.5, 0.6) is 0 Å². The fourth-order valence-electron chi connectivity index (χ4n) is 2.11. The lowest BCUT2D eigenvalue weighted by atomic mass is 10.1. The summed E-state index contributed by atoms with van der Waals surface area (Å²) in [5.74, 6) is -0.105. The SMILES string of the molecule is CN1CCCCC1=Nc1cc(SCC(F)(F)F)c(Cl)cc1Cl. The summed E-state index contributed by atoms with van der Waals surface area (Å²) >= 11 is 12.7. The van der Waals surface area contributed by atoms with E-state index >= 15 is 0 Å². The predicted molar refractivity (Wildman–Crippen MR) is 86.8 cm³/mol. The van der Waals surface area contributed by atoms with E-state index < -0.39 is 11.9 Å². The molecule has 1 saturated heterocycles. The van der Waals surface area contributed by atoms with Crippen LogP contribution in [0.2, 0.25) is 10.0 Å². The number of rotatable bonds is 3. The van der Waals surface area contributed by atoms with Gasteiger partial charge < -0.3 is 4.90 Å². The highest BCUT2D eigenvalue weighted by Crippen LogP contribution is 2.38. The van der Waals surface area contributed by atoms with Gasteiger partial charge in [-0.1, -0.05) is 23.2 Å². The van der Waals surface area contributed by atoms with Gasteiger partial charge in [-0.3, -0.25) is 0 Å². The first-order valence-corrected chi connectivity index (χ1v) is 8.48. The Morgan fingerprint density at radius 3 is 2.59 bits per heavy atom. The Morgan fingerprint density at radius 1 is 1.23 bits per heavy atom. The van der Waals surface area contributed by atoms with Crippen molar-refractivity contribution in [3.63, 3.8) is 0 Å². The lowest BCUT2D eigenvalue weighted by molar-refractivity contribution is -0.105. The van der Waals surface area contributed by atoms with Crippen LogP contribution in [-0.2, 0) is 0 Å². The molecule has 0 saturated carbocycles. The molecule has 22 heavy (non-hydrogen) atoms. The van der Waals surface area contributed by atoms with Gasteiger partial charge >= 0.3 is 6.18 Å². The molecule has 0 aliphatic carbocycles. The summed E-state index contributed by atoms with van der Waals surface area (Å²) in [5, 5.41) is 0.549. The number of thioether (sulfide) groups is 1. The minimum absolute atomic E-state index is 0.209. The van der Waals surface area contributed by atoms with E-state index in [-0.39, 0.29) is 5.02 Å². The second-order valence-electron chi connectivity index (χ2n) is 5.04. The lowest BCUT2D eigenvalue weighted by Crippen LogP contribution is -2.31. The molecule has 2 nitrogen and oxygen atoms in total. The Balaban J connectivity index is 2.26. The van der Waals surface area contributed by atoms with Crippen molar-refractivity contribution in [2.45, 2.75) is 30.3 Å². The van der Waals surface area contributed by atoms with E-state index in [9.17, 15) is 13.2 Å². The van der Waals surface area contributed by atoms with Crippen molar-refractivity contribution < 1.29 is 13.2 Å². The summed E-state index contributed by atoms with van der Waals surface area (Å²) < 4.78 is 37.1. The monoisotopic (exact) mass is 370 g/mol. The van der Waals surface area contributed by atoms with Gasteiger partial charge in [0.2, 0.25) is 0 Å². The number of amidine groups is 1. The third-order valence-electron chi connectivity index (χ3n) is 3.23. The first kappa shape index (κ1) is 17.8. The molecule has 1 fully saturated rings. The number of hydrogen-bond donors (Lipinski definition) is 0. The summed E-state index contributed by atoms with van der Waals surface area (Å²) in [4.78, 5) is 6.88. The van der Waals surface area contributed by atoms with Crippen LogP contribution in [0.4, 0.5) is 18.9 Å². The van der Waals surface area contributed by atoms with Crippen LogP contribution in [0.15, 0.2) is 22.0 Å². The number of benzene rings is 1. The first-order chi connectivity index (χ1) is 10.3. The fourth-order valence-corrected chi connectivity index (χ4v) is 3.41. The van der Waals surface area contributed by atoms with Crippen LogP contribution in [0.1, 0.15) is 19.3 Å². The van der Waals surface area contributed by atoms with E-state index in [0.29, 0.717) is 27.4 Å². The van der Waals surface area contributed by atoms with Crippen molar-refractivity contribution in [2.24, 2.45) is 4.99 Å². The average molecular weight is 371 g/mol. The summed E-state index contributed by atoms with van der Waals surface area (Å²) in [6.45, 7) is 0.916. The zero-order valence-electron chi connectivity index (χ0n) is 11.9. The van der Waals surface area contributed by atoms with Crippen LogP contribution < -0.4 is 0 Å². The van der Waals surface area contributed by atoms with Crippen LogP contribution in [0.25, 0.3) is 0 Å². The van der Waals surface area contributed by atoms with Crippen LogP contribution >= 0.6 is 35.0 Å². The third-order valence-corrected chi connectivity index (χ3v) is 5.07. The number of likely N-dealkylation sites (tertiary alicyclic amines) is 1. The molecule has 8 heteroatoms. The Kier molecular flexibility index (Phi) is 5.91. The van der Waals surface area contributed by atoms with Crippen molar-refractivity contribution in [2.75, 3.05) is 19.3 Å². The van der Waals surface area contributed by atoms with Gasteiger partial charge in [-0.15, -0.1) is 11.8 Å². The van der Waals surface area contributed by atoms with Gasteiger partial charge in [-0.05, 0) is 25.0 Å². The molecular formula is C14H15Cl2F3N2S. The van der Waals surface area contributed by atoms with Gasteiger partial charge in [0.05, 0.1) is 21.5 Å². The Labute approximate surface area is 141 Å². The number of hydrogen-bond acceptors (Lipinski definition) is 2. The van der Waals surface area contributed by atoms with Crippen LogP contribution in [0, 0.1) is 0 Å². The zero-order chi connectivity index (χ0) is 16.3. The normalized spacial score (nSPS) is 18.1. The van der Waals surface area contributed by atoms with E-state index in [4.69, 9.17) is 23.2 Å². The number of alkyl halides is 3. The van der Waals surface area contributed by atoms with E-state index in [1.54, 1.807) is 0 Å². The molecule has 122 valence electrons. The molecule has 0 bridgehead atoms. The van der Waals surface area contributed by atoms with E-state index in [1.807, 2.05) is 11.9 Å². The maximum atomic E-state index is 12.4. The van der Waals surface area contributed by atoms with Crippen LogP contribution in [-0.4, -0.2) is 36.3 Å². The molecule has 0 radical (unpaired) electrons. The molecule has 1 heterocycles. The van der Waals surface area contributed by atoms with Gasteiger partial charge in [0, 0.05) is 24.9 Å². The van der Waals surface area contributed by atoms with Crippen molar-refractivity contribution >= 4 is 46.5 Å². The van der Waals surface area contributed by atoms with E-state index in [0.717, 1.165) is 31.6 Å². The highest BCUT2D eigenvalue weighted by atomic mass is 35.5. The molecule has 1 aliphatic heterocycles. The second-order valence-corrected chi connectivity index (χ2v) is 6.88. The maximum absolute atomic E-state index is 12.4. The zero-order valence-corrected chi connectivity index (χ0v) is 14.2. The number of halogens is 5. The Hall–Kier alpha value is -0.590. The van der Waals surface area contributed by atoms with Gasteiger partial charge in [-0.25, -0.2) is 4.99 Å². The summed E-state index contributed by atoms with van der Waals surface area (Å²) in [6, 6.07) is 2.97. The number of nitrogens with zero attached hydrogens (tertiary/aromatic N) is 2. The molecule has 1 aromatic rings. The summed E-state index contributed by atoms with van der Waals surface area (Å²) in [7, 11) is 1.95. The van der Waals surface area contributed by atoms with Crippen LogP contribution in [0.3, 0.4) is 0 Å². The van der Waals surface area contributed by atoms with E-state index in [1.165, 1.54) is 12.1 Å². The summed E-state index contributed by atoms with van der Waals surface area (Å²) in [5.41, 5.74) is 0.458. The number of aliphatic imine (C=N–C) groups is 1. The van der Waals surface area contributed by atoms with E-state index in [2.05, 4.69) is 4.99 Å². The highest BCUT2D eigenvalue weighted by Gasteiger charge is 2.28. The lowest BCUT2D eigenvalue weighted by Gasteiger charge is -2.26. The van der Waals surface area contributed by atoms with Gasteiger partial charge in [0.1, 0.15) is 5.84 Å². The molecule has 0 spiro atoms. The quantitative estimate of drug-likeness (QED) is 0.625. The second kappa shape index (κ2) is 7.32. The molecule has 1 aliphatic rings. The Morgan fingerprint density at radius 2 is 1.95 bits per heavy atom. The topological polar surface area (TPSA) is 15.6 Å². The minimum atomic E-state index is -4.25. The van der Waals surface area contributed by atoms with Gasteiger partial charge in [0.25, 0.3) is 0 Å². The van der Waals surface area contributed by atoms with Crippen molar-refractivity contribution in [1.82, 2.24) is 4.90 Å². The van der Waals surface area contributed by atoms with Crippen molar-refractivity contribution in [3.8, 4) is 0 Å². The molecule has 0 atom stereocenters. The summed E-state index contributed by atoms with van der Waals surface area (Å²) in [6.07, 6.45) is -1.26. The van der Waals surface area contributed by atoms with Crippen molar-refractivity contribution in [3.05, 3.63) is 22.2 Å². The third kappa shape index (κ3) is 4.96. The molecule has 2 rings (SSSR count). The molecular weight excluding hydrogens is 356 g/mol. The number of piperidine rings is 1. The molecule has 0 unspecified atom stereocenters.